The molecule has 0 saturated heterocycles. The zero-order chi connectivity index (χ0) is 13.0. The van der Waals surface area contributed by atoms with Crippen molar-refractivity contribution in [2.24, 2.45) is 0 Å². The zero-order valence-corrected chi connectivity index (χ0v) is 12.7. The Kier molecular flexibility index (Phi) is 5.21. The molecule has 0 aliphatic rings. The molecule has 0 bridgehead atoms. The average molecular weight is 302 g/mol. The Balaban J connectivity index is 2.18. The van der Waals surface area contributed by atoms with E-state index in [-0.39, 0.29) is 6.04 Å². The molecule has 2 unspecified atom stereocenters. The molecule has 98 valence electrons. The van der Waals surface area contributed by atoms with Gasteiger partial charge in [0.1, 0.15) is 0 Å². The standard InChI is InChI=1S/C13H16ClNOS2/c1-9(8-16-2)15-13(10-4-3-7-17-10)11-5-6-12(14)18-11/h3-7,9,13,15H,8H2,1-2H3. The first-order valence-corrected chi connectivity index (χ1v) is 7.81. The van der Waals surface area contributed by atoms with Gasteiger partial charge < -0.3 is 10.1 Å². The van der Waals surface area contributed by atoms with Crippen LogP contribution in [0.4, 0.5) is 0 Å². The Morgan fingerprint density at radius 2 is 2.17 bits per heavy atom. The molecule has 0 aliphatic carbocycles. The maximum atomic E-state index is 6.03. The van der Waals surface area contributed by atoms with Crippen LogP contribution in [0, 0.1) is 0 Å². The molecule has 0 radical (unpaired) electrons. The molecule has 2 heterocycles. The predicted octanol–water partition coefficient (Wildman–Crippen LogP) is 4.18. The van der Waals surface area contributed by atoms with E-state index in [0.29, 0.717) is 12.6 Å². The number of halogens is 1. The lowest BCUT2D eigenvalue weighted by atomic mass is 10.1. The molecule has 2 aromatic rings. The largest absolute Gasteiger partial charge is 0.383 e. The maximum Gasteiger partial charge on any atom is 0.0931 e. The highest BCUT2D eigenvalue weighted by Crippen LogP contribution is 2.33. The number of hydrogen-bond acceptors (Lipinski definition) is 4. The smallest absolute Gasteiger partial charge is 0.0931 e. The van der Waals surface area contributed by atoms with Gasteiger partial charge in [0.25, 0.3) is 0 Å². The zero-order valence-electron chi connectivity index (χ0n) is 10.4. The fourth-order valence-corrected chi connectivity index (χ4v) is 3.84. The van der Waals surface area contributed by atoms with Crippen molar-refractivity contribution in [2.75, 3.05) is 13.7 Å². The normalized spacial score (nSPS) is 14.6. The van der Waals surface area contributed by atoms with Crippen molar-refractivity contribution >= 4 is 34.3 Å². The first-order chi connectivity index (χ1) is 8.70. The molecule has 2 aromatic heterocycles. The van der Waals surface area contributed by atoms with Crippen LogP contribution in [0.15, 0.2) is 29.6 Å². The lowest BCUT2D eigenvalue weighted by Crippen LogP contribution is -2.33. The molecule has 18 heavy (non-hydrogen) atoms. The van der Waals surface area contributed by atoms with Gasteiger partial charge in [-0.05, 0) is 30.5 Å². The second-order valence-electron chi connectivity index (χ2n) is 4.11. The van der Waals surface area contributed by atoms with E-state index in [1.165, 1.54) is 9.75 Å². The Labute approximate surface area is 121 Å². The van der Waals surface area contributed by atoms with Crippen LogP contribution >= 0.6 is 34.3 Å². The van der Waals surface area contributed by atoms with Crippen molar-refractivity contribution in [3.63, 3.8) is 0 Å². The minimum Gasteiger partial charge on any atom is -0.383 e. The molecule has 0 spiro atoms. The van der Waals surface area contributed by atoms with E-state index in [4.69, 9.17) is 16.3 Å². The first-order valence-electron chi connectivity index (χ1n) is 5.74. The number of hydrogen-bond donors (Lipinski definition) is 1. The van der Waals surface area contributed by atoms with Gasteiger partial charge in [0.15, 0.2) is 0 Å². The third-order valence-corrected chi connectivity index (χ3v) is 4.81. The van der Waals surface area contributed by atoms with E-state index in [9.17, 15) is 0 Å². The van der Waals surface area contributed by atoms with Gasteiger partial charge in [-0.3, -0.25) is 0 Å². The molecule has 0 aromatic carbocycles. The van der Waals surface area contributed by atoms with Gasteiger partial charge in [-0.2, -0.15) is 0 Å². The van der Waals surface area contributed by atoms with Gasteiger partial charge in [0.05, 0.1) is 17.0 Å². The van der Waals surface area contributed by atoms with Crippen LogP contribution in [-0.2, 0) is 4.74 Å². The Bertz CT molecular complexity index is 469. The molecule has 5 heteroatoms. The van der Waals surface area contributed by atoms with Crippen molar-refractivity contribution in [2.45, 2.75) is 19.0 Å². The molecule has 0 aliphatic heterocycles. The predicted molar refractivity (Wildman–Crippen MR) is 80.0 cm³/mol. The highest BCUT2D eigenvalue weighted by atomic mass is 35.5. The molecule has 1 N–H and O–H groups in total. The minimum atomic E-state index is 0.202. The van der Waals surface area contributed by atoms with Gasteiger partial charge in [0, 0.05) is 22.9 Å². The molecule has 0 amide bonds. The maximum absolute atomic E-state index is 6.03. The van der Waals surface area contributed by atoms with Crippen LogP contribution in [0.1, 0.15) is 22.7 Å². The van der Waals surface area contributed by atoms with E-state index in [1.807, 2.05) is 6.07 Å². The number of methoxy groups -OCH3 is 1. The summed E-state index contributed by atoms with van der Waals surface area (Å²) in [7, 11) is 1.72. The van der Waals surface area contributed by atoms with Crippen LogP contribution in [0.5, 0.6) is 0 Å². The minimum absolute atomic E-state index is 0.202. The van der Waals surface area contributed by atoms with Gasteiger partial charge in [-0.25, -0.2) is 0 Å². The SMILES string of the molecule is COCC(C)NC(c1cccs1)c1ccc(Cl)s1. The van der Waals surface area contributed by atoms with E-state index in [2.05, 4.69) is 35.8 Å². The summed E-state index contributed by atoms with van der Waals surface area (Å²) in [6.07, 6.45) is 0. The fraction of sp³-hybridized carbons (Fsp3) is 0.385. The second kappa shape index (κ2) is 6.68. The number of ether oxygens (including phenoxy) is 1. The quantitative estimate of drug-likeness (QED) is 0.864. The van der Waals surface area contributed by atoms with E-state index >= 15 is 0 Å². The Morgan fingerprint density at radius 1 is 1.33 bits per heavy atom. The first kappa shape index (κ1) is 14.0. The monoisotopic (exact) mass is 301 g/mol. The molecule has 0 fully saturated rings. The summed E-state index contributed by atoms with van der Waals surface area (Å²) in [4.78, 5) is 2.54. The van der Waals surface area contributed by atoms with Gasteiger partial charge >= 0.3 is 0 Å². The van der Waals surface area contributed by atoms with Crippen LogP contribution in [0.3, 0.4) is 0 Å². The Morgan fingerprint density at radius 3 is 2.72 bits per heavy atom. The lowest BCUT2D eigenvalue weighted by Gasteiger charge is -2.21. The summed E-state index contributed by atoms with van der Waals surface area (Å²) in [5.74, 6) is 0. The van der Waals surface area contributed by atoms with E-state index in [0.717, 1.165) is 4.34 Å². The molecular formula is C13H16ClNOS2. The topological polar surface area (TPSA) is 21.3 Å². The van der Waals surface area contributed by atoms with Crippen molar-refractivity contribution in [1.29, 1.82) is 0 Å². The molecular weight excluding hydrogens is 286 g/mol. The van der Waals surface area contributed by atoms with Crippen molar-refractivity contribution in [3.8, 4) is 0 Å². The van der Waals surface area contributed by atoms with E-state index < -0.39 is 0 Å². The van der Waals surface area contributed by atoms with Gasteiger partial charge in [0.2, 0.25) is 0 Å². The second-order valence-corrected chi connectivity index (χ2v) is 6.84. The summed E-state index contributed by atoms with van der Waals surface area (Å²) in [5, 5.41) is 5.68. The van der Waals surface area contributed by atoms with Crippen molar-refractivity contribution in [1.82, 2.24) is 5.32 Å². The highest BCUT2D eigenvalue weighted by Gasteiger charge is 2.19. The average Bonchev–Trinajstić information content (AvgIpc) is 2.97. The fourth-order valence-electron chi connectivity index (χ4n) is 1.83. The van der Waals surface area contributed by atoms with Crippen LogP contribution in [0.25, 0.3) is 0 Å². The summed E-state index contributed by atoms with van der Waals surface area (Å²) in [5.41, 5.74) is 0. The van der Waals surface area contributed by atoms with Crippen molar-refractivity contribution in [3.05, 3.63) is 43.7 Å². The number of nitrogens with one attached hydrogen (secondary N) is 1. The van der Waals surface area contributed by atoms with Crippen LogP contribution in [0.2, 0.25) is 4.34 Å². The molecule has 0 saturated carbocycles. The van der Waals surface area contributed by atoms with Crippen LogP contribution in [-0.4, -0.2) is 19.8 Å². The molecule has 2 nitrogen and oxygen atoms in total. The molecule has 2 atom stereocenters. The summed E-state index contributed by atoms with van der Waals surface area (Å²) in [6, 6.07) is 8.75. The number of thiophene rings is 2. The third kappa shape index (κ3) is 3.56. The lowest BCUT2D eigenvalue weighted by molar-refractivity contribution is 0.169. The molecule has 2 rings (SSSR count). The summed E-state index contributed by atoms with van der Waals surface area (Å²) >= 11 is 9.41. The summed E-state index contributed by atoms with van der Waals surface area (Å²) < 4.78 is 6.01. The van der Waals surface area contributed by atoms with Crippen molar-refractivity contribution < 1.29 is 4.74 Å². The third-order valence-electron chi connectivity index (χ3n) is 2.57. The van der Waals surface area contributed by atoms with Crippen LogP contribution < -0.4 is 5.32 Å². The van der Waals surface area contributed by atoms with E-state index in [1.54, 1.807) is 29.8 Å². The van der Waals surface area contributed by atoms with Gasteiger partial charge in [-0.15, -0.1) is 22.7 Å². The summed E-state index contributed by atoms with van der Waals surface area (Å²) in [6.45, 7) is 2.82. The Hall–Kier alpha value is -0.390. The highest BCUT2D eigenvalue weighted by molar-refractivity contribution is 7.16. The number of rotatable bonds is 6. The van der Waals surface area contributed by atoms with Gasteiger partial charge in [-0.1, -0.05) is 17.7 Å².